The van der Waals surface area contributed by atoms with E-state index < -0.39 is 0 Å². The van der Waals surface area contributed by atoms with Crippen molar-refractivity contribution in [1.29, 1.82) is 0 Å². The van der Waals surface area contributed by atoms with Crippen molar-refractivity contribution in [3.05, 3.63) is 11.3 Å². The first-order valence-electron chi connectivity index (χ1n) is 9.31. The zero-order chi connectivity index (χ0) is 18.0. The number of rotatable bonds is 4. The Balaban J connectivity index is 1.50. The number of carbonyl (C=O) groups is 3. The highest BCUT2D eigenvalue weighted by Crippen LogP contribution is 2.24. The van der Waals surface area contributed by atoms with Gasteiger partial charge in [0.2, 0.25) is 5.91 Å². The van der Waals surface area contributed by atoms with Crippen molar-refractivity contribution >= 4 is 17.8 Å². The lowest BCUT2D eigenvalue weighted by Crippen LogP contribution is -2.51. The number of urea groups is 1. The van der Waals surface area contributed by atoms with Gasteiger partial charge in [0.05, 0.1) is 11.6 Å². The standard InChI is InChI=1S/C18H28N4O3/c1-12-16(13(2)20-18(25)19-12)17(24)22-10-6-14(7-11-22)5-9-21-8-3-4-15(21)23/h12,14H,3-11H2,1-2H3,(H2,19,20,25)/t12-/m1/s1. The number of hydrogen-bond donors (Lipinski definition) is 2. The maximum absolute atomic E-state index is 12.8. The number of allylic oxidation sites excluding steroid dienone is 1. The molecule has 0 saturated carbocycles. The maximum Gasteiger partial charge on any atom is 0.319 e. The predicted octanol–water partition coefficient (Wildman–Crippen LogP) is 1.21. The first-order valence-corrected chi connectivity index (χ1v) is 9.31. The number of amides is 4. The fraction of sp³-hybridized carbons (Fsp3) is 0.722. The van der Waals surface area contributed by atoms with Crippen LogP contribution in [0.4, 0.5) is 4.79 Å². The van der Waals surface area contributed by atoms with Crippen molar-refractivity contribution in [2.24, 2.45) is 5.92 Å². The fourth-order valence-electron chi connectivity index (χ4n) is 4.09. The normalized spacial score (nSPS) is 25.3. The lowest BCUT2D eigenvalue weighted by molar-refractivity contribution is -0.128. The molecule has 0 aromatic carbocycles. The van der Waals surface area contributed by atoms with Crippen molar-refractivity contribution < 1.29 is 14.4 Å². The van der Waals surface area contributed by atoms with Crippen LogP contribution in [-0.2, 0) is 9.59 Å². The summed E-state index contributed by atoms with van der Waals surface area (Å²) in [5.41, 5.74) is 1.30. The zero-order valence-corrected chi connectivity index (χ0v) is 15.1. The van der Waals surface area contributed by atoms with Crippen LogP contribution < -0.4 is 10.6 Å². The topological polar surface area (TPSA) is 81.8 Å². The van der Waals surface area contributed by atoms with Crippen molar-refractivity contribution in [1.82, 2.24) is 20.4 Å². The Bertz CT molecular complexity index is 593. The molecule has 2 fully saturated rings. The number of likely N-dealkylation sites (tertiary alicyclic amines) is 2. The van der Waals surface area contributed by atoms with Crippen LogP contribution in [0.3, 0.4) is 0 Å². The molecule has 1 atom stereocenters. The van der Waals surface area contributed by atoms with E-state index in [1.54, 1.807) is 6.92 Å². The third-order valence-electron chi connectivity index (χ3n) is 5.60. The van der Waals surface area contributed by atoms with Gasteiger partial charge in [-0.1, -0.05) is 0 Å². The lowest BCUT2D eigenvalue weighted by atomic mass is 9.92. The number of piperidine rings is 1. The molecule has 0 bridgehead atoms. The van der Waals surface area contributed by atoms with E-state index in [9.17, 15) is 14.4 Å². The number of carbonyl (C=O) groups excluding carboxylic acids is 3. The van der Waals surface area contributed by atoms with Crippen LogP contribution >= 0.6 is 0 Å². The minimum Gasteiger partial charge on any atom is -0.343 e. The Morgan fingerprint density at radius 1 is 1.20 bits per heavy atom. The summed E-state index contributed by atoms with van der Waals surface area (Å²) in [6.07, 6.45) is 4.68. The van der Waals surface area contributed by atoms with Gasteiger partial charge < -0.3 is 20.4 Å². The Morgan fingerprint density at radius 3 is 2.52 bits per heavy atom. The molecule has 3 heterocycles. The third-order valence-corrected chi connectivity index (χ3v) is 5.60. The molecule has 138 valence electrons. The maximum atomic E-state index is 12.8. The van der Waals surface area contributed by atoms with Crippen LogP contribution in [0, 0.1) is 5.92 Å². The second kappa shape index (κ2) is 7.45. The van der Waals surface area contributed by atoms with E-state index >= 15 is 0 Å². The molecule has 7 heteroatoms. The van der Waals surface area contributed by atoms with Crippen molar-refractivity contribution in [2.45, 2.75) is 52.0 Å². The molecule has 0 aromatic rings. The Hall–Kier alpha value is -2.05. The SMILES string of the molecule is CC1=C(C(=O)N2CCC(CCN3CCCC3=O)CC2)[C@@H](C)NC(=O)N1. The summed E-state index contributed by atoms with van der Waals surface area (Å²) in [5, 5.41) is 5.44. The van der Waals surface area contributed by atoms with Crippen LogP contribution in [0.1, 0.15) is 46.0 Å². The summed E-state index contributed by atoms with van der Waals surface area (Å²) < 4.78 is 0. The fourth-order valence-corrected chi connectivity index (χ4v) is 4.09. The van der Waals surface area contributed by atoms with Crippen LogP contribution in [0.5, 0.6) is 0 Å². The van der Waals surface area contributed by atoms with Gasteiger partial charge in [0, 0.05) is 38.3 Å². The van der Waals surface area contributed by atoms with Gasteiger partial charge in [-0.15, -0.1) is 0 Å². The molecule has 0 radical (unpaired) electrons. The van der Waals surface area contributed by atoms with E-state index in [1.807, 2.05) is 16.7 Å². The molecule has 7 nitrogen and oxygen atoms in total. The van der Waals surface area contributed by atoms with Crippen LogP contribution in [-0.4, -0.2) is 59.9 Å². The molecule has 0 unspecified atom stereocenters. The molecule has 3 aliphatic rings. The summed E-state index contributed by atoms with van der Waals surface area (Å²) in [7, 11) is 0. The highest BCUT2D eigenvalue weighted by molar-refractivity contribution is 5.98. The molecule has 3 aliphatic heterocycles. The van der Waals surface area contributed by atoms with Gasteiger partial charge in [0.15, 0.2) is 0 Å². The van der Waals surface area contributed by atoms with Crippen molar-refractivity contribution in [3.63, 3.8) is 0 Å². The monoisotopic (exact) mass is 348 g/mol. The molecule has 2 N–H and O–H groups in total. The number of nitrogens with one attached hydrogen (secondary N) is 2. The largest absolute Gasteiger partial charge is 0.343 e. The summed E-state index contributed by atoms with van der Waals surface area (Å²) in [6, 6.07) is -0.517. The van der Waals surface area contributed by atoms with E-state index in [-0.39, 0.29) is 23.9 Å². The highest BCUT2D eigenvalue weighted by Gasteiger charge is 2.32. The van der Waals surface area contributed by atoms with E-state index in [0.29, 0.717) is 23.6 Å². The second-order valence-corrected chi connectivity index (χ2v) is 7.37. The average molecular weight is 348 g/mol. The molecule has 4 amide bonds. The summed E-state index contributed by atoms with van der Waals surface area (Å²) in [4.78, 5) is 39.8. The molecule has 3 rings (SSSR count). The van der Waals surface area contributed by atoms with Crippen LogP contribution in [0.2, 0.25) is 0 Å². The molecular formula is C18H28N4O3. The number of nitrogens with zero attached hydrogens (tertiary/aromatic N) is 2. The molecule has 25 heavy (non-hydrogen) atoms. The third kappa shape index (κ3) is 3.96. The Morgan fingerprint density at radius 2 is 1.92 bits per heavy atom. The van der Waals surface area contributed by atoms with Gasteiger partial charge >= 0.3 is 6.03 Å². The smallest absolute Gasteiger partial charge is 0.319 e. The van der Waals surface area contributed by atoms with Crippen LogP contribution in [0.25, 0.3) is 0 Å². The van der Waals surface area contributed by atoms with E-state index in [1.165, 1.54) is 0 Å². The first-order chi connectivity index (χ1) is 12.0. The molecule has 2 saturated heterocycles. The van der Waals surface area contributed by atoms with E-state index in [2.05, 4.69) is 10.6 Å². The quantitative estimate of drug-likeness (QED) is 0.801. The molecule has 0 spiro atoms. The average Bonchev–Trinajstić information content (AvgIpc) is 2.97. The van der Waals surface area contributed by atoms with Gasteiger partial charge in [-0.2, -0.15) is 0 Å². The van der Waals surface area contributed by atoms with Gasteiger partial charge in [-0.25, -0.2) is 4.79 Å². The van der Waals surface area contributed by atoms with E-state index in [0.717, 1.165) is 51.9 Å². The highest BCUT2D eigenvalue weighted by atomic mass is 16.2. The summed E-state index contributed by atoms with van der Waals surface area (Å²) in [6.45, 7) is 6.87. The Kier molecular flexibility index (Phi) is 5.30. The molecule has 0 aliphatic carbocycles. The van der Waals surface area contributed by atoms with Crippen molar-refractivity contribution in [3.8, 4) is 0 Å². The van der Waals surface area contributed by atoms with Crippen LogP contribution in [0.15, 0.2) is 11.3 Å². The lowest BCUT2D eigenvalue weighted by Gasteiger charge is -2.35. The Labute approximate surface area is 148 Å². The summed E-state index contributed by atoms with van der Waals surface area (Å²) in [5.74, 6) is 0.885. The second-order valence-electron chi connectivity index (χ2n) is 7.37. The zero-order valence-electron chi connectivity index (χ0n) is 15.1. The minimum absolute atomic E-state index is 0.0191. The van der Waals surface area contributed by atoms with Gasteiger partial charge in [-0.3, -0.25) is 9.59 Å². The minimum atomic E-state index is -0.264. The first kappa shape index (κ1) is 17.8. The number of hydrogen-bond acceptors (Lipinski definition) is 3. The summed E-state index contributed by atoms with van der Waals surface area (Å²) >= 11 is 0. The molecule has 0 aromatic heterocycles. The predicted molar refractivity (Wildman–Crippen MR) is 93.6 cm³/mol. The van der Waals surface area contributed by atoms with Gasteiger partial charge in [0.1, 0.15) is 0 Å². The van der Waals surface area contributed by atoms with Gasteiger partial charge in [0.25, 0.3) is 5.91 Å². The van der Waals surface area contributed by atoms with Gasteiger partial charge in [-0.05, 0) is 45.4 Å². The van der Waals surface area contributed by atoms with Crippen molar-refractivity contribution in [2.75, 3.05) is 26.2 Å². The molecular weight excluding hydrogens is 320 g/mol. The van der Waals surface area contributed by atoms with E-state index in [4.69, 9.17) is 0 Å².